The van der Waals surface area contributed by atoms with Crippen molar-refractivity contribution in [2.45, 2.75) is 44.6 Å². The summed E-state index contributed by atoms with van der Waals surface area (Å²) < 4.78 is 4.99. The number of hydrogen-bond donors (Lipinski definition) is 4. The third kappa shape index (κ3) is 3.94. The molecule has 1 saturated carbocycles. The Morgan fingerprint density at radius 2 is 2.00 bits per heavy atom. The smallest absolute Gasteiger partial charge is 0.225 e. The summed E-state index contributed by atoms with van der Waals surface area (Å²) in [6, 6.07) is 5.21. The highest BCUT2D eigenvalue weighted by molar-refractivity contribution is 7.80. The zero-order valence-electron chi connectivity index (χ0n) is 15.8. The molecule has 0 radical (unpaired) electrons. The van der Waals surface area contributed by atoms with Crippen LogP contribution in [0.3, 0.4) is 0 Å². The molecule has 7 nitrogen and oxygen atoms in total. The van der Waals surface area contributed by atoms with E-state index in [2.05, 4.69) is 16.7 Å². The van der Waals surface area contributed by atoms with Crippen LogP contribution in [0.4, 0.5) is 5.69 Å². The number of benzene rings is 1. The fourth-order valence-electron chi connectivity index (χ4n) is 4.14. The summed E-state index contributed by atoms with van der Waals surface area (Å²) in [6.07, 6.45) is -1.81. The molecule has 1 aromatic carbocycles. The molecule has 1 amide bonds. The molecular weight excluding hydrogens is 366 g/mol. The molecule has 2 fully saturated rings. The van der Waals surface area contributed by atoms with Gasteiger partial charge in [0.1, 0.15) is 6.10 Å². The summed E-state index contributed by atoms with van der Waals surface area (Å²) in [4.78, 5) is 14.7. The Morgan fingerprint density at radius 3 is 2.63 bits per heavy atom. The molecule has 4 N–H and O–H groups in total. The first-order chi connectivity index (χ1) is 12.8. The molecule has 0 spiro atoms. The molecule has 0 bridgehead atoms. The molecule has 8 heteroatoms. The predicted octanol–water partition coefficient (Wildman–Crippen LogP) is 0.239. The van der Waals surface area contributed by atoms with Crippen molar-refractivity contribution in [1.29, 1.82) is 0 Å². The average molecular weight is 394 g/mol. The first kappa shape index (κ1) is 20.0. The number of amides is 1. The number of nitrogens with zero attached hydrogens (tertiary/aromatic N) is 1. The molecule has 3 rings (SSSR count). The second-order valence-electron chi connectivity index (χ2n) is 7.37. The zero-order chi connectivity index (χ0) is 19.7. The second kappa shape index (κ2) is 8.10. The molecule has 5 atom stereocenters. The Kier molecular flexibility index (Phi) is 6.00. The van der Waals surface area contributed by atoms with Crippen molar-refractivity contribution in [3.05, 3.63) is 29.3 Å². The number of ether oxygens (including phenoxy) is 1. The highest BCUT2D eigenvalue weighted by Gasteiger charge is 2.53. The number of aliphatic hydroxyl groups is 2. The Balaban J connectivity index is 1.94. The number of aliphatic hydroxyl groups excluding tert-OH is 2. The molecule has 1 aromatic rings. The van der Waals surface area contributed by atoms with Gasteiger partial charge in [-0.25, -0.2) is 0 Å². The van der Waals surface area contributed by atoms with Gasteiger partial charge in [-0.3, -0.25) is 4.79 Å². The molecule has 2 aliphatic rings. The minimum Gasteiger partial charge on any atom is -0.390 e. The van der Waals surface area contributed by atoms with Crippen LogP contribution in [0.5, 0.6) is 0 Å². The van der Waals surface area contributed by atoms with Crippen LogP contribution in [-0.2, 0) is 9.53 Å². The lowest BCUT2D eigenvalue weighted by Crippen LogP contribution is -2.61. The number of carbonyl (C=O) groups excluding carboxylic acids is 1. The quantitative estimate of drug-likeness (QED) is 0.421. The van der Waals surface area contributed by atoms with Crippen LogP contribution in [0.15, 0.2) is 18.2 Å². The number of fused-ring (bicyclic) bond motifs is 1. The molecule has 1 aliphatic heterocycles. The Hall–Kier alpha value is -1.74. The van der Waals surface area contributed by atoms with Crippen LogP contribution in [0.2, 0.25) is 0 Å². The summed E-state index contributed by atoms with van der Waals surface area (Å²) >= 11 is 5.53. The van der Waals surface area contributed by atoms with Crippen molar-refractivity contribution in [3.8, 4) is 0 Å². The maximum atomic E-state index is 12.8. The van der Waals surface area contributed by atoms with Crippen LogP contribution in [0.1, 0.15) is 17.5 Å². The van der Waals surface area contributed by atoms with Crippen LogP contribution >= 0.6 is 12.2 Å². The lowest BCUT2D eigenvalue weighted by atomic mass is 9.77. The number of carbonyl (C=O) groups is 1. The van der Waals surface area contributed by atoms with Crippen LogP contribution in [0.25, 0.3) is 0 Å². The van der Waals surface area contributed by atoms with Crippen molar-refractivity contribution in [2.24, 2.45) is 5.92 Å². The highest BCUT2D eigenvalue weighted by Crippen LogP contribution is 2.37. The number of nitrogens with one attached hydrogen (secondary N) is 2. The molecule has 148 valence electrons. The number of anilines is 1. The van der Waals surface area contributed by atoms with Crippen LogP contribution < -0.4 is 15.5 Å². The number of thiocarbonyl (C=S) groups is 1. The van der Waals surface area contributed by atoms with Crippen LogP contribution in [-0.4, -0.2) is 65.8 Å². The number of methoxy groups -OCH3 is 1. The van der Waals surface area contributed by atoms with E-state index in [-0.39, 0.29) is 18.4 Å². The van der Waals surface area contributed by atoms with Gasteiger partial charge in [-0.1, -0.05) is 6.07 Å². The minimum absolute atomic E-state index is 0.172. The Morgan fingerprint density at radius 1 is 1.33 bits per heavy atom. The van der Waals surface area contributed by atoms with Crippen molar-refractivity contribution >= 4 is 28.9 Å². The van der Waals surface area contributed by atoms with Gasteiger partial charge in [0.15, 0.2) is 5.11 Å². The van der Waals surface area contributed by atoms with Crippen molar-refractivity contribution in [2.75, 3.05) is 25.2 Å². The molecule has 1 saturated heterocycles. The summed E-state index contributed by atoms with van der Waals surface area (Å²) in [7, 11) is 1.57. The fourth-order valence-corrected chi connectivity index (χ4v) is 4.50. The molecular formula is C19H27N3O4S. The monoisotopic (exact) mass is 393 g/mol. The van der Waals surface area contributed by atoms with E-state index >= 15 is 0 Å². The number of hydrogen-bond acceptors (Lipinski definition) is 5. The molecule has 0 unspecified atom stereocenters. The third-order valence-electron chi connectivity index (χ3n) is 5.27. The van der Waals surface area contributed by atoms with E-state index in [1.807, 2.05) is 30.9 Å². The third-order valence-corrected chi connectivity index (χ3v) is 5.59. The van der Waals surface area contributed by atoms with Gasteiger partial charge >= 0.3 is 0 Å². The lowest BCUT2D eigenvalue weighted by Gasteiger charge is -2.41. The van der Waals surface area contributed by atoms with Gasteiger partial charge in [0.05, 0.1) is 30.7 Å². The predicted molar refractivity (Wildman–Crippen MR) is 107 cm³/mol. The van der Waals surface area contributed by atoms with Crippen molar-refractivity contribution < 1.29 is 19.7 Å². The minimum atomic E-state index is -0.994. The van der Waals surface area contributed by atoms with Gasteiger partial charge in [-0.15, -0.1) is 0 Å². The molecule has 27 heavy (non-hydrogen) atoms. The molecule has 1 heterocycles. The number of rotatable bonds is 5. The number of aryl methyl sites for hydroxylation is 2. The standard InChI is InChI=1S/C19H27N3O4S/c1-10-6-11(2)8-12(7-10)22-16-13(18(25)20-4-5-26-3)9-14(23)17(24)15(16)21-19(22)27/h6-8,13-17,23-24H,4-5,9H2,1-3H3,(H,20,25)(H,21,27)/t13-,14-,15-,16-,17+/m1/s1. The zero-order valence-corrected chi connectivity index (χ0v) is 16.6. The average Bonchev–Trinajstić information content (AvgIpc) is 2.94. The normalized spacial score (nSPS) is 30.0. The Bertz CT molecular complexity index is 709. The van der Waals surface area contributed by atoms with E-state index in [4.69, 9.17) is 17.0 Å². The van der Waals surface area contributed by atoms with Gasteiger partial charge in [0.25, 0.3) is 0 Å². The topological polar surface area (TPSA) is 94.1 Å². The van der Waals surface area contributed by atoms with E-state index < -0.39 is 24.2 Å². The summed E-state index contributed by atoms with van der Waals surface area (Å²) in [5.74, 6) is -0.687. The van der Waals surface area contributed by atoms with Crippen molar-refractivity contribution in [3.63, 3.8) is 0 Å². The highest BCUT2D eigenvalue weighted by atomic mass is 32.1. The van der Waals surface area contributed by atoms with Gasteiger partial charge in [0.2, 0.25) is 5.91 Å². The largest absolute Gasteiger partial charge is 0.390 e. The SMILES string of the molecule is COCCNC(=O)[C@@H]1C[C@@H](O)[C@H](O)[C@@H]2NC(=S)N(c3cc(C)cc(C)c3)[C@@H]21. The van der Waals surface area contributed by atoms with Gasteiger partial charge in [-0.05, 0) is 55.7 Å². The summed E-state index contributed by atoms with van der Waals surface area (Å²) in [5, 5.41) is 27.2. The second-order valence-corrected chi connectivity index (χ2v) is 7.75. The molecule has 0 aromatic heterocycles. The summed E-state index contributed by atoms with van der Waals surface area (Å²) in [6.45, 7) is 4.82. The maximum absolute atomic E-state index is 12.8. The summed E-state index contributed by atoms with van der Waals surface area (Å²) in [5.41, 5.74) is 3.07. The van der Waals surface area contributed by atoms with Gasteiger partial charge in [-0.2, -0.15) is 0 Å². The van der Waals surface area contributed by atoms with E-state index in [0.29, 0.717) is 18.3 Å². The van der Waals surface area contributed by atoms with Gasteiger partial charge in [0, 0.05) is 19.3 Å². The van der Waals surface area contributed by atoms with Crippen molar-refractivity contribution in [1.82, 2.24) is 10.6 Å². The fraction of sp³-hybridized carbons (Fsp3) is 0.579. The lowest BCUT2D eigenvalue weighted by molar-refractivity contribution is -0.131. The van der Waals surface area contributed by atoms with E-state index in [1.54, 1.807) is 7.11 Å². The maximum Gasteiger partial charge on any atom is 0.225 e. The van der Waals surface area contributed by atoms with E-state index in [0.717, 1.165) is 16.8 Å². The first-order valence-corrected chi connectivity index (χ1v) is 9.55. The van der Waals surface area contributed by atoms with E-state index in [1.165, 1.54) is 0 Å². The van der Waals surface area contributed by atoms with Gasteiger partial charge < -0.3 is 30.5 Å². The molecule has 1 aliphatic carbocycles. The van der Waals surface area contributed by atoms with E-state index in [9.17, 15) is 15.0 Å². The Labute approximate surface area is 164 Å². The first-order valence-electron chi connectivity index (χ1n) is 9.14. The van der Waals surface area contributed by atoms with Crippen LogP contribution in [0, 0.1) is 19.8 Å².